The average Bonchev–Trinajstić information content (AvgIpc) is 2.65. The van der Waals surface area contributed by atoms with Crippen LogP contribution < -0.4 is 4.74 Å². The molecule has 0 unspecified atom stereocenters. The molecule has 0 aromatic heterocycles. The Balaban J connectivity index is 1.83. The number of carboxylic acids is 1. The highest BCUT2D eigenvalue weighted by atomic mass is 19.1. The van der Waals surface area contributed by atoms with Crippen LogP contribution in [0.4, 0.5) is 4.39 Å². The molecule has 0 atom stereocenters. The highest BCUT2D eigenvalue weighted by Gasteiger charge is 2.50. The van der Waals surface area contributed by atoms with Crippen LogP contribution in [0.3, 0.4) is 0 Å². The van der Waals surface area contributed by atoms with Gasteiger partial charge >= 0.3 is 13.1 Å². The third-order valence-electron chi connectivity index (χ3n) is 4.56. The fourth-order valence-corrected chi connectivity index (χ4v) is 2.42. The first-order valence-electron chi connectivity index (χ1n) is 8.09. The van der Waals surface area contributed by atoms with Crippen molar-refractivity contribution in [3.05, 3.63) is 29.6 Å². The van der Waals surface area contributed by atoms with E-state index in [1.54, 1.807) is 12.1 Å². The van der Waals surface area contributed by atoms with Gasteiger partial charge in [-0.3, -0.25) is 4.79 Å². The van der Waals surface area contributed by atoms with E-state index < -0.39 is 11.8 Å². The van der Waals surface area contributed by atoms with Crippen LogP contribution in [0.1, 0.15) is 39.7 Å². The molecule has 1 aromatic carbocycles. The quantitative estimate of drug-likeness (QED) is 0.773. The summed E-state index contributed by atoms with van der Waals surface area (Å²) in [7, 11) is -0.352. The molecule has 0 bridgehead atoms. The van der Waals surface area contributed by atoms with Crippen molar-refractivity contribution < 1.29 is 28.3 Å². The molecule has 2 rings (SSSR count). The zero-order valence-electron chi connectivity index (χ0n) is 14.6. The summed E-state index contributed by atoms with van der Waals surface area (Å²) in [4.78, 5) is 10.5. The van der Waals surface area contributed by atoms with E-state index in [0.29, 0.717) is 24.2 Å². The highest BCUT2D eigenvalue weighted by Crippen LogP contribution is 2.37. The molecule has 0 amide bonds. The molecular formula is C17H24BFO5. The van der Waals surface area contributed by atoms with Gasteiger partial charge in [0, 0.05) is 18.8 Å². The number of benzene rings is 1. The molecule has 1 heterocycles. The molecule has 0 spiro atoms. The summed E-state index contributed by atoms with van der Waals surface area (Å²) in [6.07, 6.45) is 0.601. The smallest absolute Gasteiger partial charge is 0.461 e. The molecule has 0 aliphatic carbocycles. The summed E-state index contributed by atoms with van der Waals surface area (Å²) in [6.45, 7) is 8.28. The molecule has 5 nitrogen and oxygen atoms in total. The Labute approximate surface area is 142 Å². The largest absolute Gasteiger partial charge is 0.494 e. The Morgan fingerprint density at radius 2 is 1.88 bits per heavy atom. The minimum atomic E-state index is -0.947. The maximum Gasteiger partial charge on any atom is 0.461 e. The first-order valence-corrected chi connectivity index (χ1v) is 8.09. The number of carboxylic acid groups (broad SMARTS) is 1. The molecule has 0 saturated carbocycles. The van der Waals surface area contributed by atoms with Crippen LogP contribution >= 0.6 is 0 Å². The van der Waals surface area contributed by atoms with Crippen molar-refractivity contribution in [1.29, 1.82) is 0 Å². The summed E-state index contributed by atoms with van der Waals surface area (Å²) in [5.41, 5.74) is -0.388. The predicted octanol–water partition coefficient (Wildman–Crippen LogP) is 3.31. The average molecular weight is 338 g/mol. The number of halogens is 1. The van der Waals surface area contributed by atoms with Gasteiger partial charge in [-0.15, -0.1) is 0 Å². The lowest BCUT2D eigenvalue weighted by Gasteiger charge is -2.32. The predicted molar refractivity (Wildman–Crippen MR) is 88.7 cm³/mol. The van der Waals surface area contributed by atoms with Gasteiger partial charge in [0.15, 0.2) is 0 Å². The number of hydrogen-bond donors (Lipinski definition) is 1. The molecule has 132 valence electrons. The van der Waals surface area contributed by atoms with Gasteiger partial charge in [0.25, 0.3) is 0 Å². The van der Waals surface area contributed by atoms with E-state index in [1.165, 1.54) is 6.07 Å². The van der Waals surface area contributed by atoms with Crippen molar-refractivity contribution in [3.63, 3.8) is 0 Å². The zero-order valence-corrected chi connectivity index (χ0v) is 14.6. The Kier molecular flexibility index (Phi) is 5.55. The van der Waals surface area contributed by atoms with E-state index in [-0.39, 0.29) is 31.2 Å². The van der Waals surface area contributed by atoms with Gasteiger partial charge in [0.2, 0.25) is 0 Å². The van der Waals surface area contributed by atoms with Gasteiger partial charge in [-0.2, -0.15) is 0 Å². The van der Waals surface area contributed by atoms with Crippen LogP contribution in [0.5, 0.6) is 5.75 Å². The third kappa shape index (κ3) is 4.48. The molecule has 1 fully saturated rings. The van der Waals surface area contributed by atoms with Gasteiger partial charge in [0.05, 0.1) is 17.8 Å². The second-order valence-electron chi connectivity index (χ2n) is 6.97. The van der Waals surface area contributed by atoms with E-state index in [9.17, 15) is 9.18 Å². The lowest BCUT2D eigenvalue weighted by molar-refractivity contribution is -0.136. The molecule has 1 aromatic rings. The zero-order chi connectivity index (χ0) is 18.0. The van der Waals surface area contributed by atoms with Crippen molar-refractivity contribution in [2.75, 3.05) is 6.61 Å². The molecule has 1 saturated heterocycles. The van der Waals surface area contributed by atoms with Crippen molar-refractivity contribution in [1.82, 2.24) is 0 Å². The monoisotopic (exact) mass is 338 g/mol. The lowest BCUT2D eigenvalue weighted by Crippen LogP contribution is -2.41. The fraction of sp³-hybridized carbons (Fsp3) is 0.588. The number of aliphatic carboxylic acids is 1. The summed E-state index contributed by atoms with van der Waals surface area (Å²) < 4.78 is 31.2. The van der Waals surface area contributed by atoms with Crippen molar-refractivity contribution in [2.24, 2.45) is 0 Å². The summed E-state index contributed by atoms with van der Waals surface area (Å²) in [6, 6.07) is 4.48. The fourth-order valence-electron chi connectivity index (χ4n) is 2.42. The molecule has 0 radical (unpaired) electrons. The van der Waals surface area contributed by atoms with E-state index in [1.807, 2.05) is 27.7 Å². The van der Waals surface area contributed by atoms with Gasteiger partial charge in [-0.1, -0.05) is 6.07 Å². The molecule has 24 heavy (non-hydrogen) atoms. The van der Waals surface area contributed by atoms with E-state index in [0.717, 1.165) is 0 Å². The highest BCUT2D eigenvalue weighted by molar-refractivity contribution is 6.45. The van der Waals surface area contributed by atoms with Crippen molar-refractivity contribution in [2.45, 2.75) is 58.1 Å². The molecule has 7 heteroatoms. The first-order chi connectivity index (χ1) is 11.1. The Morgan fingerprint density at radius 1 is 1.25 bits per heavy atom. The lowest BCUT2D eigenvalue weighted by atomic mass is 9.86. The van der Waals surface area contributed by atoms with E-state index >= 15 is 0 Å². The third-order valence-corrected chi connectivity index (χ3v) is 4.56. The summed E-state index contributed by atoms with van der Waals surface area (Å²) in [5.74, 6) is -0.996. The Morgan fingerprint density at radius 3 is 2.42 bits per heavy atom. The standard InChI is InChI=1S/C17H24BFO5/c1-16(2)17(3,4)24-18(23-16)9-10-22-13-7-5-12(14(19)11-13)6-8-15(20)21/h5,7,11H,6,8-10H2,1-4H3,(H,20,21). The second kappa shape index (κ2) is 7.11. The Bertz CT molecular complexity index is 587. The Hall–Kier alpha value is -1.60. The number of hydrogen-bond acceptors (Lipinski definition) is 4. The maximum absolute atomic E-state index is 13.9. The first kappa shape index (κ1) is 18.7. The second-order valence-corrected chi connectivity index (χ2v) is 6.97. The normalized spacial score (nSPS) is 18.6. The van der Waals surface area contributed by atoms with Crippen LogP contribution in [-0.4, -0.2) is 36.0 Å². The topological polar surface area (TPSA) is 65.0 Å². The maximum atomic E-state index is 13.9. The number of ether oxygens (including phenoxy) is 1. The van der Waals surface area contributed by atoms with Crippen LogP contribution in [0.2, 0.25) is 6.32 Å². The van der Waals surface area contributed by atoms with Crippen molar-refractivity contribution in [3.8, 4) is 5.75 Å². The van der Waals surface area contributed by atoms with Gasteiger partial charge < -0.3 is 19.2 Å². The summed E-state index contributed by atoms with van der Waals surface area (Å²) in [5, 5.41) is 8.64. The minimum absolute atomic E-state index is 0.0982. The SMILES string of the molecule is CC1(C)OB(CCOc2ccc(CCC(=O)O)c(F)c2)OC1(C)C. The number of carbonyl (C=O) groups is 1. The van der Waals surface area contributed by atoms with Crippen LogP contribution in [0.25, 0.3) is 0 Å². The van der Waals surface area contributed by atoms with Gasteiger partial charge in [-0.05, 0) is 45.7 Å². The van der Waals surface area contributed by atoms with Gasteiger partial charge in [-0.25, -0.2) is 4.39 Å². The number of rotatable bonds is 7. The van der Waals surface area contributed by atoms with Gasteiger partial charge in [0.1, 0.15) is 11.6 Å². The van der Waals surface area contributed by atoms with E-state index in [2.05, 4.69) is 0 Å². The number of aryl methyl sites for hydroxylation is 1. The molecule has 1 aliphatic heterocycles. The molecule has 1 N–H and O–H groups in total. The summed E-state index contributed by atoms with van der Waals surface area (Å²) >= 11 is 0. The van der Waals surface area contributed by atoms with Crippen LogP contribution in [0.15, 0.2) is 18.2 Å². The minimum Gasteiger partial charge on any atom is -0.494 e. The molecule has 1 aliphatic rings. The van der Waals surface area contributed by atoms with Crippen molar-refractivity contribution >= 4 is 13.1 Å². The molecular weight excluding hydrogens is 314 g/mol. The van der Waals surface area contributed by atoms with Crippen LogP contribution in [0, 0.1) is 5.82 Å². The van der Waals surface area contributed by atoms with Crippen LogP contribution in [-0.2, 0) is 20.5 Å². The van der Waals surface area contributed by atoms with E-state index in [4.69, 9.17) is 19.2 Å².